The molecule has 1 heterocycles. The van der Waals surface area contributed by atoms with E-state index in [1.807, 2.05) is 0 Å². The van der Waals surface area contributed by atoms with Crippen LogP contribution in [0.25, 0.3) is 0 Å². The Labute approximate surface area is 109 Å². The molecule has 18 heavy (non-hydrogen) atoms. The molecule has 1 atom stereocenters. The van der Waals surface area contributed by atoms with E-state index in [-0.39, 0.29) is 6.10 Å². The average Bonchev–Trinajstić information content (AvgIpc) is 2.72. The molecule has 0 saturated carbocycles. The first-order valence-corrected chi connectivity index (χ1v) is 6.59. The number of ether oxygens (including phenoxy) is 1. The summed E-state index contributed by atoms with van der Waals surface area (Å²) in [6, 6.07) is 0. The quantitative estimate of drug-likeness (QED) is 0.601. The summed E-state index contributed by atoms with van der Waals surface area (Å²) in [5.41, 5.74) is 11.1. The molecule has 3 aliphatic rings. The van der Waals surface area contributed by atoms with Crippen molar-refractivity contribution in [2.24, 2.45) is 0 Å². The van der Waals surface area contributed by atoms with Gasteiger partial charge in [-0.1, -0.05) is 6.08 Å². The fourth-order valence-corrected chi connectivity index (χ4v) is 3.32. The number of hydrogen-bond donors (Lipinski definition) is 0. The van der Waals surface area contributed by atoms with Crippen molar-refractivity contribution in [3.05, 3.63) is 56.4 Å². The lowest BCUT2D eigenvalue weighted by molar-refractivity contribution is 0.196. The molecule has 0 aromatic heterocycles. The molecule has 3 rings (SSSR count). The van der Waals surface area contributed by atoms with Crippen LogP contribution in [0.1, 0.15) is 41.5 Å². The van der Waals surface area contributed by atoms with Crippen LogP contribution in [0.15, 0.2) is 56.4 Å². The zero-order valence-corrected chi connectivity index (χ0v) is 12.1. The monoisotopic (exact) mass is 240 g/mol. The van der Waals surface area contributed by atoms with Gasteiger partial charge in [0.15, 0.2) is 0 Å². The molecule has 0 aromatic carbocycles. The smallest absolute Gasteiger partial charge is 0.150 e. The van der Waals surface area contributed by atoms with Crippen molar-refractivity contribution in [1.82, 2.24) is 0 Å². The van der Waals surface area contributed by atoms with E-state index in [1.54, 1.807) is 0 Å². The fraction of sp³-hybridized carbons (Fsp3) is 0.412. The highest BCUT2D eigenvalue weighted by Gasteiger charge is 2.39. The zero-order valence-electron chi connectivity index (χ0n) is 12.1. The van der Waals surface area contributed by atoms with Gasteiger partial charge in [-0.2, -0.15) is 0 Å². The molecule has 0 radical (unpaired) electrons. The molecule has 1 heteroatoms. The Kier molecular flexibility index (Phi) is 2.25. The van der Waals surface area contributed by atoms with E-state index in [0.29, 0.717) is 0 Å². The lowest BCUT2D eigenvalue weighted by atomic mass is 9.83. The summed E-state index contributed by atoms with van der Waals surface area (Å²) in [5.74, 6) is 1.08. The van der Waals surface area contributed by atoms with Crippen LogP contribution in [0.5, 0.6) is 0 Å². The first kappa shape index (κ1) is 11.6. The highest BCUT2D eigenvalue weighted by molar-refractivity contribution is 5.71. The van der Waals surface area contributed by atoms with E-state index in [4.69, 9.17) is 4.74 Å². The standard InChI is InChI=1S/C17H20O/c1-8-7-14-10(3)9(2)11(4)16(14)17-15(8)12(5)13(6)18-17/h7,17H,1-6H3. The largest absolute Gasteiger partial charge is 0.485 e. The Hall–Kier alpha value is -1.50. The Morgan fingerprint density at radius 1 is 0.778 bits per heavy atom. The second-order valence-corrected chi connectivity index (χ2v) is 5.62. The molecule has 1 aliphatic heterocycles. The predicted molar refractivity (Wildman–Crippen MR) is 75.1 cm³/mol. The van der Waals surface area contributed by atoms with Gasteiger partial charge in [0, 0.05) is 11.1 Å². The van der Waals surface area contributed by atoms with Gasteiger partial charge in [0.05, 0.1) is 5.76 Å². The zero-order chi connectivity index (χ0) is 13.2. The fourth-order valence-electron chi connectivity index (χ4n) is 3.32. The third-order valence-corrected chi connectivity index (χ3v) is 4.76. The topological polar surface area (TPSA) is 9.23 Å². The van der Waals surface area contributed by atoms with Gasteiger partial charge in [0.25, 0.3) is 0 Å². The summed E-state index contributed by atoms with van der Waals surface area (Å²) in [7, 11) is 0. The summed E-state index contributed by atoms with van der Waals surface area (Å²) < 4.78 is 6.13. The highest BCUT2D eigenvalue weighted by atomic mass is 16.5. The summed E-state index contributed by atoms with van der Waals surface area (Å²) in [6.45, 7) is 13.1. The molecule has 0 N–H and O–H groups in total. The molecule has 1 unspecified atom stereocenters. The van der Waals surface area contributed by atoms with E-state index < -0.39 is 0 Å². The van der Waals surface area contributed by atoms with E-state index in [0.717, 1.165) is 5.76 Å². The van der Waals surface area contributed by atoms with E-state index in [2.05, 4.69) is 47.6 Å². The maximum Gasteiger partial charge on any atom is 0.150 e. The molecule has 0 aromatic rings. The molecular weight excluding hydrogens is 220 g/mol. The molecule has 0 amide bonds. The van der Waals surface area contributed by atoms with Crippen molar-refractivity contribution < 1.29 is 4.74 Å². The van der Waals surface area contributed by atoms with Gasteiger partial charge in [0.1, 0.15) is 6.10 Å². The summed E-state index contributed by atoms with van der Waals surface area (Å²) in [5, 5.41) is 0. The molecule has 0 saturated heterocycles. The van der Waals surface area contributed by atoms with Crippen LogP contribution in [-0.4, -0.2) is 6.10 Å². The van der Waals surface area contributed by atoms with Crippen molar-refractivity contribution in [2.45, 2.75) is 47.6 Å². The van der Waals surface area contributed by atoms with Crippen LogP contribution < -0.4 is 0 Å². The second-order valence-electron chi connectivity index (χ2n) is 5.62. The lowest BCUT2D eigenvalue weighted by Crippen LogP contribution is -2.19. The Bertz CT molecular complexity index is 618. The third kappa shape index (κ3) is 1.22. The minimum atomic E-state index is 0.136. The molecule has 2 aliphatic carbocycles. The van der Waals surface area contributed by atoms with Crippen LogP contribution in [-0.2, 0) is 4.74 Å². The van der Waals surface area contributed by atoms with Gasteiger partial charge >= 0.3 is 0 Å². The van der Waals surface area contributed by atoms with Gasteiger partial charge in [-0.15, -0.1) is 0 Å². The lowest BCUT2D eigenvalue weighted by Gasteiger charge is -2.25. The van der Waals surface area contributed by atoms with Gasteiger partial charge in [-0.3, -0.25) is 0 Å². The van der Waals surface area contributed by atoms with Crippen molar-refractivity contribution in [2.75, 3.05) is 0 Å². The van der Waals surface area contributed by atoms with Gasteiger partial charge in [-0.05, 0) is 75.0 Å². The summed E-state index contributed by atoms with van der Waals surface area (Å²) in [6.07, 6.45) is 2.47. The maximum atomic E-state index is 6.13. The first-order chi connectivity index (χ1) is 8.43. The molecule has 0 spiro atoms. The minimum absolute atomic E-state index is 0.136. The highest BCUT2D eigenvalue weighted by Crippen LogP contribution is 2.49. The minimum Gasteiger partial charge on any atom is -0.485 e. The Morgan fingerprint density at radius 3 is 2.11 bits per heavy atom. The van der Waals surface area contributed by atoms with Crippen LogP contribution in [0.3, 0.4) is 0 Å². The van der Waals surface area contributed by atoms with E-state index >= 15 is 0 Å². The number of rotatable bonds is 0. The summed E-state index contributed by atoms with van der Waals surface area (Å²) in [4.78, 5) is 0. The van der Waals surface area contributed by atoms with Crippen molar-refractivity contribution >= 4 is 0 Å². The number of hydrogen-bond acceptors (Lipinski definition) is 1. The van der Waals surface area contributed by atoms with Gasteiger partial charge in [-0.25, -0.2) is 0 Å². The molecule has 94 valence electrons. The van der Waals surface area contributed by atoms with Crippen LogP contribution in [0.2, 0.25) is 0 Å². The predicted octanol–water partition coefficient (Wildman–Crippen LogP) is 4.60. The number of fused-ring (bicyclic) bond motifs is 3. The molecule has 0 bridgehead atoms. The maximum absolute atomic E-state index is 6.13. The first-order valence-electron chi connectivity index (χ1n) is 6.59. The molecule has 1 nitrogen and oxygen atoms in total. The van der Waals surface area contributed by atoms with E-state index in [1.165, 1.54) is 44.6 Å². The van der Waals surface area contributed by atoms with Crippen molar-refractivity contribution in [3.8, 4) is 0 Å². The third-order valence-electron chi connectivity index (χ3n) is 4.76. The number of allylic oxidation sites excluding steroid dienone is 6. The van der Waals surface area contributed by atoms with E-state index in [9.17, 15) is 0 Å². The molecule has 0 fully saturated rings. The SMILES string of the molecule is CC1=C2C(C)=C(C)OC2C2=C(C)C(C)=C(C)C2=C1. The molecular formula is C17H20O. The van der Waals surface area contributed by atoms with Crippen LogP contribution >= 0.6 is 0 Å². The van der Waals surface area contributed by atoms with Gasteiger partial charge < -0.3 is 4.74 Å². The Morgan fingerprint density at radius 2 is 1.44 bits per heavy atom. The normalized spacial score (nSPS) is 26.8. The van der Waals surface area contributed by atoms with Crippen molar-refractivity contribution in [1.29, 1.82) is 0 Å². The van der Waals surface area contributed by atoms with Gasteiger partial charge in [0.2, 0.25) is 0 Å². The summed E-state index contributed by atoms with van der Waals surface area (Å²) >= 11 is 0. The van der Waals surface area contributed by atoms with Crippen molar-refractivity contribution in [3.63, 3.8) is 0 Å². The van der Waals surface area contributed by atoms with Crippen LogP contribution in [0.4, 0.5) is 0 Å². The van der Waals surface area contributed by atoms with Crippen LogP contribution in [0, 0.1) is 0 Å². The Balaban J connectivity index is 2.25. The second kappa shape index (κ2) is 3.50. The average molecular weight is 240 g/mol.